The van der Waals surface area contributed by atoms with E-state index in [1.807, 2.05) is 36.1 Å². The first-order valence-electron chi connectivity index (χ1n) is 9.28. The Morgan fingerprint density at radius 1 is 1.10 bits per heavy atom. The van der Waals surface area contributed by atoms with Crippen LogP contribution >= 0.6 is 0 Å². The Morgan fingerprint density at radius 3 is 2.48 bits per heavy atom. The number of methoxy groups -OCH3 is 1. The molecule has 0 aliphatic carbocycles. The zero-order valence-electron chi connectivity index (χ0n) is 16.4. The summed E-state index contributed by atoms with van der Waals surface area (Å²) in [6.07, 6.45) is -2.53. The summed E-state index contributed by atoms with van der Waals surface area (Å²) in [5.41, 5.74) is 2.18. The molecule has 5 nitrogen and oxygen atoms in total. The quantitative estimate of drug-likeness (QED) is 0.655. The number of alkyl halides is 3. The molecule has 1 fully saturated rings. The van der Waals surface area contributed by atoms with Crippen LogP contribution in [0.2, 0.25) is 0 Å². The van der Waals surface area contributed by atoms with Gasteiger partial charge in [0.2, 0.25) is 0 Å². The molecule has 1 aromatic heterocycles. The number of morpholine rings is 1. The minimum absolute atomic E-state index is 0.234. The molecule has 1 aliphatic rings. The van der Waals surface area contributed by atoms with E-state index in [0.717, 1.165) is 24.7 Å². The van der Waals surface area contributed by atoms with Gasteiger partial charge in [-0.3, -0.25) is 4.90 Å². The number of hydrogen-bond donors (Lipinski definition) is 0. The Balaban J connectivity index is 0.000000200. The van der Waals surface area contributed by atoms with E-state index < -0.39 is 11.7 Å². The van der Waals surface area contributed by atoms with Crippen molar-refractivity contribution in [2.75, 3.05) is 33.4 Å². The first-order chi connectivity index (χ1) is 13.9. The Bertz CT molecular complexity index is 934. The smallest absolute Gasteiger partial charge is 0.416 e. The fraction of sp³-hybridized carbons (Fsp3) is 0.381. The van der Waals surface area contributed by atoms with Crippen LogP contribution in [0.5, 0.6) is 5.75 Å². The highest BCUT2D eigenvalue weighted by molar-refractivity contribution is 5.74. The summed E-state index contributed by atoms with van der Waals surface area (Å²) < 4.78 is 50.5. The fourth-order valence-corrected chi connectivity index (χ4v) is 3.13. The summed E-state index contributed by atoms with van der Waals surface area (Å²) in [5, 5.41) is 0. The van der Waals surface area contributed by atoms with Crippen molar-refractivity contribution in [1.82, 2.24) is 14.5 Å². The third-order valence-corrected chi connectivity index (χ3v) is 4.67. The van der Waals surface area contributed by atoms with Gasteiger partial charge < -0.3 is 14.0 Å². The molecule has 0 spiro atoms. The fourth-order valence-electron chi connectivity index (χ4n) is 3.13. The van der Waals surface area contributed by atoms with Crippen molar-refractivity contribution in [2.24, 2.45) is 7.05 Å². The predicted octanol–water partition coefficient (Wildman–Crippen LogP) is 4.12. The number of ether oxygens (including phenoxy) is 2. The van der Waals surface area contributed by atoms with Gasteiger partial charge in [-0.2, -0.15) is 13.2 Å². The molecule has 4 rings (SSSR count). The van der Waals surface area contributed by atoms with Gasteiger partial charge in [-0.25, -0.2) is 4.98 Å². The molecule has 0 atom stereocenters. The van der Waals surface area contributed by atoms with Gasteiger partial charge in [0.25, 0.3) is 0 Å². The summed E-state index contributed by atoms with van der Waals surface area (Å²) in [6, 6.07) is 11.9. The van der Waals surface area contributed by atoms with E-state index in [4.69, 9.17) is 9.47 Å². The number of fused-ring (bicyclic) bond motifs is 1. The van der Waals surface area contributed by atoms with Crippen molar-refractivity contribution < 1.29 is 22.6 Å². The molecule has 29 heavy (non-hydrogen) atoms. The van der Waals surface area contributed by atoms with Crippen LogP contribution in [0, 0.1) is 0 Å². The molecule has 0 amide bonds. The van der Waals surface area contributed by atoms with Crippen LogP contribution in [-0.2, 0) is 24.5 Å². The molecular weight excluding hydrogens is 383 g/mol. The van der Waals surface area contributed by atoms with Crippen molar-refractivity contribution >= 4 is 11.0 Å². The lowest BCUT2D eigenvalue weighted by molar-refractivity contribution is -0.137. The van der Waals surface area contributed by atoms with Crippen molar-refractivity contribution in [1.29, 1.82) is 0 Å². The molecule has 0 radical (unpaired) electrons. The summed E-state index contributed by atoms with van der Waals surface area (Å²) in [6.45, 7) is 3.19. The number of para-hydroxylation sites is 2. The van der Waals surface area contributed by atoms with Gasteiger partial charge in [0.05, 0.1) is 43.2 Å². The SMILES string of the molecule is COc1cc(CN2CCOCC2)cc(C(F)(F)F)c1.Cn1cnc2ccccc21. The average molecular weight is 407 g/mol. The maximum atomic E-state index is 12.8. The van der Waals surface area contributed by atoms with E-state index in [1.54, 1.807) is 6.07 Å². The Kier molecular flexibility index (Phi) is 6.76. The minimum atomic E-state index is -4.35. The largest absolute Gasteiger partial charge is 0.497 e. The monoisotopic (exact) mass is 407 g/mol. The lowest BCUT2D eigenvalue weighted by Gasteiger charge is -2.27. The molecule has 0 N–H and O–H groups in total. The van der Waals surface area contributed by atoms with Gasteiger partial charge in [-0.1, -0.05) is 12.1 Å². The van der Waals surface area contributed by atoms with Crippen LogP contribution < -0.4 is 4.74 Å². The summed E-state index contributed by atoms with van der Waals surface area (Å²) in [7, 11) is 3.36. The van der Waals surface area contributed by atoms with Crippen LogP contribution in [0.25, 0.3) is 11.0 Å². The number of imidazole rings is 1. The number of aryl methyl sites for hydroxylation is 1. The lowest BCUT2D eigenvalue weighted by atomic mass is 10.1. The number of benzene rings is 2. The van der Waals surface area contributed by atoms with Crippen LogP contribution in [0.3, 0.4) is 0 Å². The van der Waals surface area contributed by atoms with Gasteiger partial charge in [-0.15, -0.1) is 0 Å². The highest BCUT2D eigenvalue weighted by Crippen LogP contribution is 2.33. The molecular formula is C21H24F3N3O2. The second kappa shape index (κ2) is 9.28. The van der Waals surface area contributed by atoms with E-state index in [1.165, 1.54) is 18.7 Å². The molecule has 3 aromatic rings. The van der Waals surface area contributed by atoms with Crippen LogP contribution in [0.15, 0.2) is 48.8 Å². The van der Waals surface area contributed by atoms with Crippen molar-refractivity contribution in [3.8, 4) is 5.75 Å². The standard InChI is InChI=1S/C13H16F3NO2.C8H8N2/c1-18-12-7-10(6-11(8-12)13(14,15)16)9-17-2-4-19-5-3-17;1-10-6-9-7-4-2-3-5-8(7)10/h6-8H,2-5,9H2,1H3;2-6H,1H3. The summed E-state index contributed by atoms with van der Waals surface area (Å²) in [4.78, 5) is 6.25. The van der Waals surface area contributed by atoms with Gasteiger partial charge in [0.1, 0.15) is 5.75 Å². The number of halogens is 3. The maximum absolute atomic E-state index is 12.8. The Morgan fingerprint density at radius 2 is 1.83 bits per heavy atom. The molecule has 2 heterocycles. The number of rotatable bonds is 3. The molecule has 1 saturated heterocycles. The number of nitrogens with zero attached hydrogens (tertiary/aromatic N) is 3. The second-order valence-electron chi connectivity index (χ2n) is 6.80. The number of aromatic nitrogens is 2. The molecule has 8 heteroatoms. The molecule has 1 aliphatic heterocycles. The van der Waals surface area contributed by atoms with Gasteiger partial charge in [0, 0.05) is 26.7 Å². The average Bonchev–Trinajstić information content (AvgIpc) is 3.09. The van der Waals surface area contributed by atoms with Crippen molar-refractivity contribution in [2.45, 2.75) is 12.7 Å². The molecule has 156 valence electrons. The van der Waals surface area contributed by atoms with Crippen molar-refractivity contribution in [3.63, 3.8) is 0 Å². The second-order valence-corrected chi connectivity index (χ2v) is 6.80. The molecule has 0 unspecified atom stereocenters. The zero-order valence-corrected chi connectivity index (χ0v) is 16.4. The first-order valence-corrected chi connectivity index (χ1v) is 9.28. The van der Waals surface area contributed by atoms with E-state index >= 15 is 0 Å². The van der Waals surface area contributed by atoms with E-state index in [9.17, 15) is 13.2 Å². The van der Waals surface area contributed by atoms with Crippen LogP contribution in [0.4, 0.5) is 13.2 Å². The highest BCUT2D eigenvalue weighted by Gasteiger charge is 2.31. The van der Waals surface area contributed by atoms with Gasteiger partial charge in [0.15, 0.2) is 0 Å². The van der Waals surface area contributed by atoms with Crippen LogP contribution in [-0.4, -0.2) is 47.9 Å². The minimum Gasteiger partial charge on any atom is -0.497 e. The van der Waals surface area contributed by atoms with Gasteiger partial charge in [-0.05, 0) is 35.9 Å². The van der Waals surface area contributed by atoms with Crippen molar-refractivity contribution in [3.05, 3.63) is 59.9 Å². The lowest BCUT2D eigenvalue weighted by Crippen LogP contribution is -2.35. The molecule has 2 aromatic carbocycles. The highest BCUT2D eigenvalue weighted by atomic mass is 19.4. The Labute approximate surface area is 167 Å². The van der Waals surface area contributed by atoms with E-state index in [0.29, 0.717) is 25.3 Å². The molecule has 0 bridgehead atoms. The van der Waals surface area contributed by atoms with Gasteiger partial charge >= 0.3 is 6.18 Å². The topological polar surface area (TPSA) is 39.5 Å². The zero-order chi connectivity index (χ0) is 20.9. The normalized spacial score (nSPS) is 15.1. The third-order valence-electron chi connectivity index (χ3n) is 4.67. The Hall–Kier alpha value is -2.58. The van der Waals surface area contributed by atoms with E-state index in [-0.39, 0.29) is 5.75 Å². The molecule has 0 saturated carbocycles. The predicted molar refractivity (Wildman–Crippen MR) is 105 cm³/mol. The van der Waals surface area contributed by atoms with Crippen LogP contribution in [0.1, 0.15) is 11.1 Å². The number of hydrogen-bond acceptors (Lipinski definition) is 4. The maximum Gasteiger partial charge on any atom is 0.416 e. The summed E-state index contributed by atoms with van der Waals surface area (Å²) in [5.74, 6) is 0.234. The third kappa shape index (κ3) is 5.71. The first kappa shape index (κ1) is 21.1. The summed E-state index contributed by atoms with van der Waals surface area (Å²) >= 11 is 0. The van der Waals surface area contributed by atoms with E-state index in [2.05, 4.69) is 16.0 Å².